The highest BCUT2D eigenvalue weighted by Gasteiger charge is 2.27. The quantitative estimate of drug-likeness (QED) is 0.523. The van der Waals surface area contributed by atoms with Crippen molar-refractivity contribution in [2.24, 2.45) is 11.7 Å². The lowest BCUT2D eigenvalue weighted by Gasteiger charge is -2.33. The van der Waals surface area contributed by atoms with E-state index in [0.29, 0.717) is 25.3 Å². The molecule has 0 spiro atoms. The molecule has 31 heavy (non-hydrogen) atoms. The molecule has 2 heterocycles. The van der Waals surface area contributed by atoms with Crippen molar-refractivity contribution in [2.45, 2.75) is 25.3 Å². The zero-order valence-corrected chi connectivity index (χ0v) is 17.8. The van der Waals surface area contributed by atoms with E-state index in [1.807, 2.05) is 17.5 Å². The molecular formula is C21H26FN5O3S. The summed E-state index contributed by atoms with van der Waals surface area (Å²) in [5.74, 6) is -0.382. The van der Waals surface area contributed by atoms with Crippen LogP contribution in [0.5, 0.6) is 0 Å². The maximum Gasteiger partial charge on any atom is 0.319 e. The Morgan fingerprint density at radius 1 is 1.26 bits per heavy atom. The van der Waals surface area contributed by atoms with E-state index in [9.17, 15) is 18.8 Å². The number of carbonyl (C=O) groups is 3. The van der Waals surface area contributed by atoms with E-state index in [2.05, 4.69) is 16.0 Å². The highest BCUT2D eigenvalue weighted by atomic mass is 32.1. The number of likely N-dealkylation sites (tertiary alicyclic amines) is 1. The van der Waals surface area contributed by atoms with Gasteiger partial charge in [0, 0.05) is 30.2 Å². The summed E-state index contributed by atoms with van der Waals surface area (Å²) in [7, 11) is 0. The fourth-order valence-electron chi connectivity index (χ4n) is 3.62. The summed E-state index contributed by atoms with van der Waals surface area (Å²) in [6.45, 7) is 1.56. The van der Waals surface area contributed by atoms with Gasteiger partial charge in [-0.1, -0.05) is 12.1 Å². The van der Waals surface area contributed by atoms with Crippen LogP contribution in [0.3, 0.4) is 0 Å². The molecule has 1 aromatic carbocycles. The summed E-state index contributed by atoms with van der Waals surface area (Å²) >= 11 is 1.46. The summed E-state index contributed by atoms with van der Waals surface area (Å²) in [6, 6.07) is 7.84. The molecule has 1 saturated heterocycles. The van der Waals surface area contributed by atoms with E-state index in [1.54, 1.807) is 11.0 Å². The topological polar surface area (TPSA) is 117 Å². The Bertz CT molecular complexity index is 908. The van der Waals surface area contributed by atoms with Crippen LogP contribution in [0, 0.1) is 11.7 Å². The Morgan fingerprint density at radius 2 is 2.10 bits per heavy atom. The van der Waals surface area contributed by atoms with Crippen LogP contribution in [0.25, 0.3) is 0 Å². The first-order valence-electron chi connectivity index (χ1n) is 10.1. The fourth-order valence-corrected chi connectivity index (χ4v) is 4.40. The summed E-state index contributed by atoms with van der Waals surface area (Å²) in [6.07, 6.45) is 1.85. The van der Waals surface area contributed by atoms with Crippen LogP contribution in [0.4, 0.5) is 19.7 Å². The molecule has 166 valence electrons. The lowest BCUT2D eigenvalue weighted by atomic mass is 9.97. The minimum atomic E-state index is -0.670. The van der Waals surface area contributed by atoms with Gasteiger partial charge in [-0.2, -0.15) is 0 Å². The molecule has 1 aromatic heterocycles. The van der Waals surface area contributed by atoms with Crippen molar-refractivity contribution in [3.63, 3.8) is 0 Å². The van der Waals surface area contributed by atoms with Gasteiger partial charge in [0.15, 0.2) is 0 Å². The third-order valence-corrected chi connectivity index (χ3v) is 6.07. The van der Waals surface area contributed by atoms with Crippen molar-refractivity contribution in [2.75, 3.05) is 25.0 Å². The third-order valence-electron chi connectivity index (χ3n) is 5.09. The van der Waals surface area contributed by atoms with Gasteiger partial charge in [0.25, 0.3) is 0 Å². The molecule has 0 aliphatic carbocycles. The van der Waals surface area contributed by atoms with Crippen molar-refractivity contribution in [3.8, 4) is 0 Å². The molecule has 2 atom stereocenters. The fraction of sp³-hybridized carbons (Fsp3) is 0.381. The molecular weight excluding hydrogens is 421 g/mol. The number of nitrogens with zero attached hydrogens (tertiary/aromatic N) is 1. The molecule has 8 nitrogen and oxygen atoms in total. The summed E-state index contributed by atoms with van der Waals surface area (Å²) in [5, 5.41) is 9.90. The number of thiophene rings is 1. The Hall–Kier alpha value is -3.14. The summed E-state index contributed by atoms with van der Waals surface area (Å²) < 4.78 is 13.2. The molecule has 1 aliphatic heterocycles. The molecule has 10 heteroatoms. The van der Waals surface area contributed by atoms with Crippen molar-refractivity contribution >= 4 is 35.0 Å². The number of primary amides is 1. The second kappa shape index (κ2) is 10.8. The summed E-state index contributed by atoms with van der Waals surface area (Å²) in [4.78, 5) is 38.9. The molecule has 1 aliphatic rings. The standard InChI is InChI=1S/C21H26FN5O3S/c22-15-5-1-6-16(10-15)25-21(30)24-12-14-4-2-8-27(13-14)19(28)11-17(26-20(23)29)18-7-3-9-31-18/h1,3,5-7,9-10,14,17H,2,4,8,11-13H2,(H3,23,26,29)(H2,24,25,30). The maximum atomic E-state index is 13.2. The number of carbonyl (C=O) groups excluding carboxylic acids is 3. The number of amides is 5. The van der Waals surface area contributed by atoms with Gasteiger partial charge >= 0.3 is 12.1 Å². The number of hydrogen-bond acceptors (Lipinski definition) is 4. The highest BCUT2D eigenvalue weighted by molar-refractivity contribution is 7.10. The number of piperidine rings is 1. The van der Waals surface area contributed by atoms with Crippen LogP contribution in [0.2, 0.25) is 0 Å². The average Bonchev–Trinajstić information content (AvgIpc) is 3.26. The zero-order valence-electron chi connectivity index (χ0n) is 17.0. The molecule has 2 unspecified atom stereocenters. The molecule has 5 N–H and O–H groups in total. The van der Waals surface area contributed by atoms with Crippen molar-refractivity contribution in [1.82, 2.24) is 15.5 Å². The number of nitrogens with one attached hydrogen (secondary N) is 3. The number of hydrogen-bond donors (Lipinski definition) is 4. The van der Waals surface area contributed by atoms with E-state index in [1.165, 1.54) is 29.5 Å². The maximum absolute atomic E-state index is 13.2. The lowest BCUT2D eigenvalue weighted by Crippen LogP contribution is -2.45. The van der Waals surface area contributed by atoms with E-state index >= 15 is 0 Å². The van der Waals surface area contributed by atoms with E-state index in [4.69, 9.17) is 5.73 Å². The van der Waals surface area contributed by atoms with E-state index in [0.717, 1.165) is 17.7 Å². The smallest absolute Gasteiger partial charge is 0.319 e. The lowest BCUT2D eigenvalue weighted by molar-refractivity contribution is -0.133. The molecule has 5 amide bonds. The van der Waals surface area contributed by atoms with Gasteiger partial charge in [0.1, 0.15) is 5.82 Å². The SMILES string of the molecule is NC(=O)NC(CC(=O)N1CCCC(CNC(=O)Nc2cccc(F)c2)C1)c1cccs1. The second-order valence-corrected chi connectivity index (χ2v) is 8.45. The minimum absolute atomic E-state index is 0.0685. The normalized spacial score (nSPS) is 16.9. The molecule has 2 aromatic rings. The van der Waals surface area contributed by atoms with Gasteiger partial charge in [0.2, 0.25) is 5.91 Å². The van der Waals surface area contributed by atoms with Crippen LogP contribution < -0.4 is 21.7 Å². The first-order chi connectivity index (χ1) is 14.9. The van der Waals surface area contributed by atoms with Crippen LogP contribution in [-0.4, -0.2) is 42.5 Å². The Morgan fingerprint density at radius 3 is 2.81 bits per heavy atom. The van der Waals surface area contributed by atoms with Gasteiger partial charge < -0.3 is 26.6 Å². The van der Waals surface area contributed by atoms with E-state index < -0.39 is 23.9 Å². The number of anilines is 1. The number of nitrogens with two attached hydrogens (primary N) is 1. The predicted molar refractivity (Wildman–Crippen MR) is 117 cm³/mol. The minimum Gasteiger partial charge on any atom is -0.352 e. The third kappa shape index (κ3) is 6.95. The Kier molecular flexibility index (Phi) is 7.82. The first kappa shape index (κ1) is 22.5. The molecule has 0 saturated carbocycles. The monoisotopic (exact) mass is 447 g/mol. The number of rotatable bonds is 7. The second-order valence-electron chi connectivity index (χ2n) is 7.47. The van der Waals surface area contributed by atoms with Gasteiger partial charge in [-0.15, -0.1) is 11.3 Å². The van der Waals surface area contributed by atoms with Gasteiger partial charge in [-0.05, 0) is 48.4 Å². The summed E-state index contributed by atoms with van der Waals surface area (Å²) in [5.41, 5.74) is 5.64. The van der Waals surface area contributed by atoms with Crippen molar-refractivity contribution in [1.29, 1.82) is 0 Å². The van der Waals surface area contributed by atoms with Crippen molar-refractivity contribution < 1.29 is 18.8 Å². The molecule has 0 bridgehead atoms. The van der Waals surface area contributed by atoms with Crippen LogP contribution in [-0.2, 0) is 4.79 Å². The van der Waals surface area contributed by atoms with Gasteiger partial charge in [0.05, 0.1) is 12.5 Å². The molecule has 0 radical (unpaired) electrons. The Balaban J connectivity index is 1.49. The average molecular weight is 448 g/mol. The first-order valence-corrected chi connectivity index (χ1v) is 11.0. The molecule has 3 rings (SSSR count). The van der Waals surface area contributed by atoms with Gasteiger partial charge in [-0.25, -0.2) is 14.0 Å². The van der Waals surface area contributed by atoms with Crippen LogP contribution >= 0.6 is 11.3 Å². The van der Waals surface area contributed by atoms with Crippen molar-refractivity contribution in [3.05, 3.63) is 52.5 Å². The number of urea groups is 2. The Labute approximate surface area is 184 Å². The number of benzene rings is 1. The van der Waals surface area contributed by atoms with E-state index in [-0.39, 0.29) is 18.2 Å². The number of halogens is 1. The largest absolute Gasteiger partial charge is 0.352 e. The molecule has 1 fully saturated rings. The van der Waals surface area contributed by atoms with Crippen LogP contribution in [0.1, 0.15) is 30.2 Å². The zero-order chi connectivity index (χ0) is 22.2. The highest BCUT2D eigenvalue weighted by Crippen LogP contribution is 2.24. The van der Waals surface area contributed by atoms with Gasteiger partial charge in [-0.3, -0.25) is 4.79 Å². The van der Waals surface area contributed by atoms with Crippen LogP contribution in [0.15, 0.2) is 41.8 Å². The predicted octanol–water partition coefficient (Wildman–Crippen LogP) is 3.05.